The van der Waals surface area contributed by atoms with Crippen LogP contribution in [0.3, 0.4) is 0 Å². The highest BCUT2D eigenvalue weighted by Gasteiger charge is 2.20. The molecule has 0 amide bonds. The van der Waals surface area contributed by atoms with Crippen molar-refractivity contribution in [1.82, 2.24) is 14.8 Å². The number of aryl methyl sites for hydroxylation is 1. The van der Waals surface area contributed by atoms with Gasteiger partial charge >= 0.3 is 0 Å². The van der Waals surface area contributed by atoms with E-state index in [1.54, 1.807) is 0 Å². The smallest absolute Gasteiger partial charge is 0.174 e. The highest BCUT2D eigenvalue weighted by Crippen LogP contribution is 2.20. The van der Waals surface area contributed by atoms with Crippen LogP contribution in [0, 0.1) is 0 Å². The number of anilines is 1. The number of nitrogens with zero attached hydrogens (tertiary/aromatic N) is 3. The molecule has 1 atom stereocenters. The van der Waals surface area contributed by atoms with Gasteiger partial charge in [0.05, 0.1) is 11.7 Å². The summed E-state index contributed by atoms with van der Waals surface area (Å²) in [6, 6.07) is 14.5. The van der Waals surface area contributed by atoms with E-state index >= 15 is 0 Å². The van der Waals surface area contributed by atoms with Gasteiger partial charge in [-0.15, -0.1) is 0 Å². The summed E-state index contributed by atoms with van der Waals surface area (Å²) in [5.74, 6) is 0. The standard InChI is InChI=1S/C20H28N4S/c1-5-17-9-8-10-18(15-17)22-20(25)24(14-13-23(3)4)16(2)19-11-6-7-12-21-19/h6-12,15-16H,5,13-14H2,1-4H3,(H,22,25)/t16-/m0/s1. The lowest BCUT2D eigenvalue weighted by Gasteiger charge is -2.32. The molecule has 5 heteroatoms. The molecule has 1 N–H and O–H groups in total. The molecule has 1 aromatic heterocycles. The van der Waals surface area contributed by atoms with E-state index in [1.807, 2.05) is 24.4 Å². The number of pyridine rings is 1. The molecule has 0 unspecified atom stereocenters. The van der Waals surface area contributed by atoms with E-state index in [0.29, 0.717) is 0 Å². The Morgan fingerprint density at radius 2 is 1.96 bits per heavy atom. The number of hydrogen-bond acceptors (Lipinski definition) is 3. The fourth-order valence-corrected chi connectivity index (χ4v) is 2.99. The summed E-state index contributed by atoms with van der Waals surface area (Å²) in [4.78, 5) is 8.87. The van der Waals surface area contributed by atoms with Gasteiger partial charge in [-0.1, -0.05) is 25.1 Å². The monoisotopic (exact) mass is 356 g/mol. The van der Waals surface area contributed by atoms with Gasteiger partial charge in [0.1, 0.15) is 0 Å². The largest absolute Gasteiger partial charge is 0.339 e. The van der Waals surface area contributed by atoms with Gasteiger partial charge in [0, 0.05) is 25.0 Å². The molecular formula is C20H28N4S. The van der Waals surface area contributed by atoms with E-state index < -0.39 is 0 Å². The van der Waals surface area contributed by atoms with E-state index in [9.17, 15) is 0 Å². The maximum atomic E-state index is 5.73. The van der Waals surface area contributed by atoms with Crippen LogP contribution in [-0.4, -0.2) is 47.1 Å². The van der Waals surface area contributed by atoms with Crippen molar-refractivity contribution in [1.29, 1.82) is 0 Å². The first kappa shape index (κ1) is 19.3. The van der Waals surface area contributed by atoms with Gasteiger partial charge in [0.25, 0.3) is 0 Å². The summed E-state index contributed by atoms with van der Waals surface area (Å²) in [5, 5.41) is 4.13. The van der Waals surface area contributed by atoms with Crippen LogP contribution < -0.4 is 5.32 Å². The van der Waals surface area contributed by atoms with Crippen molar-refractivity contribution in [3.8, 4) is 0 Å². The van der Waals surface area contributed by atoms with Crippen molar-refractivity contribution in [2.24, 2.45) is 0 Å². The number of thiocarbonyl (C=S) groups is 1. The lowest BCUT2D eigenvalue weighted by Crippen LogP contribution is -2.41. The summed E-state index contributed by atoms with van der Waals surface area (Å²) in [6.45, 7) is 6.07. The lowest BCUT2D eigenvalue weighted by atomic mass is 10.1. The molecule has 0 aliphatic rings. The second-order valence-electron chi connectivity index (χ2n) is 6.41. The van der Waals surface area contributed by atoms with E-state index in [2.05, 4.69) is 72.3 Å². The van der Waals surface area contributed by atoms with Crippen molar-refractivity contribution in [2.45, 2.75) is 26.3 Å². The number of rotatable bonds is 7. The Morgan fingerprint density at radius 1 is 1.16 bits per heavy atom. The molecule has 0 spiro atoms. The molecule has 0 saturated carbocycles. The molecule has 0 bridgehead atoms. The summed E-state index contributed by atoms with van der Waals surface area (Å²) < 4.78 is 0. The average molecular weight is 357 g/mol. The Labute approximate surface area is 156 Å². The predicted octanol–water partition coefficient (Wildman–Crippen LogP) is 3.97. The van der Waals surface area contributed by atoms with Crippen LogP contribution in [0.25, 0.3) is 0 Å². The molecule has 2 rings (SSSR count). The molecule has 2 aromatic rings. The van der Waals surface area contributed by atoms with Gasteiger partial charge < -0.3 is 15.1 Å². The van der Waals surface area contributed by atoms with Gasteiger partial charge in [-0.3, -0.25) is 4.98 Å². The van der Waals surface area contributed by atoms with Gasteiger partial charge in [-0.25, -0.2) is 0 Å². The van der Waals surface area contributed by atoms with E-state index in [4.69, 9.17) is 12.2 Å². The van der Waals surface area contributed by atoms with Crippen molar-refractivity contribution < 1.29 is 0 Å². The van der Waals surface area contributed by atoms with E-state index in [1.165, 1.54) is 5.56 Å². The molecule has 0 fully saturated rings. The molecule has 1 aromatic carbocycles. The number of aromatic nitrogens is 1. The SMILES string of the molecule is CCc1cccc(NC(=S)N(CCN(C)C)[C@@H](C)c2ccccn2)c1. The van der Waals surface area contributed by atoms with Crippen molar-refractivity contribution in [2.75, 3.05) is 32.5 Å². The molecule has 134 valence electrons. The minimum atomic E-state index is 0.107. The maximum Gasteiger partial charge on any atom is 0.174 e. The van der Waals surface area contributed by atoms with Gasteiger partial charge in [-0.2, -0.15) is 0 Å². The highest BCUT2D eigenvalue weighted by molar-refractivity contribution is 7.80. The molecule has 1 heterocycles. The number of hydrogen-bond donors (Lipinski definition) is 1. The van der Waals surface area contributed by atoms with Crippen molar-refractivity contribution >= 4 is 23.0 Å². The first-order valence-electron chi connectivity index (χ1n) is 8.73. The van der Waals surface area contributed by atoms with Gasteiger partial charge in [-0.05, 0) is 69.5 Å². The van der Waals surface area contributed by atoms with Crippen molar-refractivity contribution in [3.63, 3.8) is 0 Å². The van der Waals surface area contributed by atoms with Crippen LogP contribution in [0.1, 0.15) is 31.1 Å². The average Bonchev–Trinajstić information content (AvgIpc) is 2.62. The Hall–Kier alpha value is -1.98. The topological polar surface area (TPSA) is 31.4 Å². The van der Waals surface area contributed by atoms with E-state index in [0.717, 1.165) is 36.0 Å². The zero-order valence-electron chi connectivity index (χ0n) is 15.6. The number of nitrogens with one attached hydrogen (secondary N) is 1. The highest BCUT2D eigenvalue weighted by atomic mass is 32.1. The first-order valence-corrected chi connectivity index (χ1v) is 9.14. The summed E-state index contributed by atoms with van der Waals surface area (Å²) in [6.07, 6.45) is 2.84. The van der Waals surface area contributed by atoms with Gasteiger partial charge in [0.2, 0.25) is 0 Å². The van der Waals surface area contributed by atoms with E-state index in [-0.39, 0.29) is 6.04 Å². The summed E-state index contributed by atoms with van der Waals surface area (Å²) in [5.41, 5.74) is 3.35. The minimum absolute atomic E-state index is 0.107. The molecule has 4 nitrogen and oxygen atoms in total. The molecule has 0 aliphatic carbocycles. The van der Waals surface area contributed by atoms with Gasteiger partial charge in [0.15, 0.2) is 5.11 Å². The Balaban J connectivity index is 2.17. The number of benzene rings is 1. The third-order valence-corrected chi connectivity index (χ3v) is 4.56. The first-order chi connectivity index (χ1) is 12.0. The Bertz CT molecular complexity index is 672. The predicted molar refractivity (Wildman–Crippen MR) is 110 cm³/mol. The molecule has 0 saturated heterocycles. The lowest BCUT2D eigenvalue weighted by molar-refractivity contribution is 0.286. The van der Waals surface area contributed by atoms with Crippen molar-refractivity contribution in [3.05, 3.63) is 59.9 Å². The molecular weight excluding hydrogens is 328 g/mol. The van der Waals surface area contributed by atoms with Crippen LogP contribution in [0.4, 0.5) is 5.69 Å². The zero-order valence-corrected chi connectivity index (χ0v) is 16.4. The molecule has 25 heavy (non-hydrogen) atoms. The van der Waals surface area contributed by atoms with Crippen LogP contribution in [0.2, 0.25) is 0 Å². The van der Waals surface area contributed by atoms with Crippen LogP contribution >= 0.6 is 12.2 Å². The summed E-state index contributed by atoms with van der Waals surface area (Å²) in [7, 11) is 4.15. The minimum Gasteiger partial charge on any atom is -0.339 e. The second-order valence-corrected chi connectivity index (χ2v) is 6.80. The normalized spacial score (nSPS) is 12.0. The fourth-order valence-electron chi connectivity index (χ4n) is 2.63. The Morgan fingerprint density at radius 3 is 2.60 bits per heavy atom. The van der Waals surface area contributed by atoms with Crippen LogP contribution in [0.5, 0.6) is 0 Å². The molecule has 0 radical (unpaired) electrons. The fraction of sp³-hybridized carbons (Fsp3) is 0.400. The zero-order chi connectivity index (χ0) is 18.2. The summed E-state index contributed by atoms with van der Waals surface area (Å²) >= 11 is 5.73. The third kappa shape index (κ3) is 5.80. The Kier molecular flexibility index (Phi) is 7.34. The quantitative estimate of drug-likeness (QED) is 0.759. The number of likely N-dealkylation sites (N-methyl/N-ethyl adjacent to an activating group) is 1. The van der Waals surface area contributed by atoms with Crippen LogP contribution in [-0.2, 0) is 6.42 Å². The van der Waals surface area contributed by atoms with Crippen LogP contribution in [0.15, 0.2) is 48.7 Å². The molecule has 0 aliphatic heterocycles. The maximum absolute atomic E-state index is 5.73. The third-order valence-electron chi connectivity index (χ3n) is 4.22. The second kappa shape index (κ2) is 9.49.